The first-order chi connectivity index (χ1) is 13.1. The monoisotopic (exact) mass is 358 g/mol. The molecule has 0 aliphatic carbocycles. The molecule has 1 aliphatic rings. The predicted octanol–water partition coefficient (Wildman–Crippen LogP) is 5.01. The fourth-order valence-corrected chi connectivity index (χ4v) is 4.63. The standard InChI is InChI=1S/C24H24NO2/c1-14-8-17-18-9-15(2)24(27-4)12-21(18)22-13-25-7-5-6-16(25)10-19(22)20(17)11-23(14)26-3/h8-13H,5-7H2,1-4H3/q+1. The first kappa shape index (κ1) is 16.4. The van der Waals surface area contributed by atoms with E-state index < -0.39 is 0 Å². The van der Waals surface area contributed by atoms with Crippen LogP contribution >= 0.6 is 0 Å². The van der Waals surface area contributed by atoms with Crippen molar-refractivity contribution < 1.29 is 14.0 Å². The van der Waals surface area contributed by atoms with Gasteiger partial charge >= 0.3 is 0 Å². The van der Waals surface area contributed by atoms with Crippen LogP contribution in [-0.4, -0.2) is 14.2 Å². The highest BCUT2D eigenvalue weighted by Gasteiger charge is 2.22. The molecular formula is C24H24NO2+. The van der Waals surface area contributed by atoms with Gasteiger partial charge in [0.15, 0.2) is 11.9 Å². The lowest BCUT2D eigenvalue weighted by atomic mass is 9.92. The molecule has 27 heavy (non-hydrogen) atoms. The van der Waals surface area contributed by atoms with Crippen LogP contribution in [0, 0.1) is 13.8 Å². The summed E-state index contributed by atoms with van der Waals surface area (Å²) in [6.07, 6.45) is 4.70. The van der Waals surface area contributed by atoms with E-state index in [1.165, 1.54) is 44.4 Å². The van der Waals surface area contributed by atoms with Crippen LogP contribution in [0.5, 0.6) is 11.5 Å². The van der Waals surface area contributed by atoms with Crippen molar-refractivity contribution in [2.24, 2.45) is 0 Å². The topological polar surface area (TPSA) is 22.3 Å². The number of fused-ring (bicyclic) bond motifs is 7. The summed E-state index contributed by atoms with van der Waals surface area (Å²) in [6, 6.07) is 11.3. The summed E-state index contributed by atoms with van der Waals surface area (Å²) in [6.45, 7) is 5.33. The molecule has 2 heterocycles. The van der Waals surface area contributed by atoms with E-state index in [0.717, 1.165) is 35.6 Å². The van der Waals surface area contributed by atoms with Crippen molar-refractivity contribution in [3.8, 4) is 11.5 Å². The van der Waals surface area contributed by atoms with Crippen LogP contribution in [0.1, 0.15) is 23.2 Å². The Balaban J connectivity index is 2.05. The zero-order valence-corrected chi connectivity index (χ0v) is 16.3. The molecule has 0 saturated carbocycles. The lowest BCUT2D eigenvalue weighted by molar-refractivity contribution is -0.689. The summed E-state index contributed by atoms with van der Waals surface area (Å²) in [5.41, 5.74) is 3.74. The van der Waals surface area contributed by atoms with Crippen molar-refractivity contribution in [1.82, 2.24) is 0 Å². The molecule has 0 fully saturated rings. The molecule has 0 unspecified atom stereocenters. The number of hydrogen-bond acceptors (Lipinski definition) is 2. The van der Waals surface area contributed by atoms with Gasteiger partial charge in [-0.3, -0.25) is 0 Å². The average molecular weight is 358 g/mol. The first-order valence-electron chi connectivity index (χ1n) is 9.55. The number of hydrogen-bond donors (Lipinski definition) is 0. The molecule has 3 heteroatoms. The number of rotatable bonds is 2. The zero-order valence-electron chi connectivity index (χ0n) is 16.3. The fourth-order valence-electron chi connectivity index (χ4n) is 4.63. The smallest absolute Gasteiger partial charge is 0.182 e. The van der Waals surface area contributed by atoms with Crippen LogP contribution in [0.15, 0.2) is 36.5 Å². The van der Waals surface area contributed by atoms with E-state index in [-0.39, 0.29) is 0 Å². The molecule has 4 aromatic rings. The van der Waals surface area contributed by atoms with Crippen LogP contribution in [0.25, 0.3) is 32.3 Å². The summed E-state index contributed by atoms with van der Waals surface area (Å²) in [4.78, 5) is 0. The van der Waals surface area contributed by atoms with Crippen molar-refractivity contribution in [3.63, 3.8) is 0 Å². The predicted molar refractivity (Wildman–Crippen MR) is 110 cm³/mol. The van der Waals surface area contributed by atoms with Gasteiger partial charge in [0.25, 0.3) is 0 Å². The number of benzene rings is 3. The Morgan fingerprint density at radius 2 is 1.22 bits per heavy atom. The largest absolute Gasteiger partial charge is 0.496 e. The van der Waals surface area contributed by atoms with E-state index in [0.29, 0.717) is 0 Å². The molecule has 3 aromatic carbocycles. The molecule has 0 N–H and O–H groups in total. The molecule has 1 aliphatic heterocycles. The Morgan fingerprint density at radius 3 is 1.81 bits per heavy atom. The van der Waals surface area contributed by atoms with Crippen molar-refractivity contribution in [1.29, 1.82) is 0 Å². The highest BCUT2D eigenvalue weighted by Crippen LogP contribution is 2.40. The first-order valence-corrected chi connectivity index (χ1v) is 9.55. The molecule has 136 valence electrons. The van der Waals surface area contributed by atoms with E-state index in [2.05, 4.69) is 54.9 Å². The SMILES string of the molecule is COc1cc2c(cc1C)c1cc(C)c(OC)cc1c1c[n+]3c(cc21)CCC3. The minimum Gasteiger partial charge on any atom is -0.496 e. The zero-order chi connectivity index (χ0) is 18.7. The molecule has 0 saturated heterocycles. The second kappa shape index (κ2) is 5.85. The van der Waals surface area contributed by atoms with Gasteiger partial charge in [-0.1, -0.05) is 0 Å². The van der Waals surface area contributed by atoms with E-state index in [1.807, 2.05) is 0 Å². The fraction of sp³-hybridized carbons (Fsp3) is 0.292. The second-order valence-corrected chi connectivity index (χ2v) is 7.62. The number of nitrogens with zero attached hydrogens (tertiary/aromatic N) is 1. The molecular weight excluding hydrogens is 334 g/mol. The number of methoxy groups -OCH3 is 2. The van der Waals surface area contributed by atoms with Gasteiger partial charge < -0.3 is 9.47 Å². The van der Waals surface area contributed by atoms with Gasteiger partial charge in [0.2, 0.25) is 0 Å². The van der Waals surface area contributed by atoms with Gasteiger partial charge in [0.05, 0.1) is 19.6 Å². The molecule has 0 amide bonds. The van der Waals surface area contributed by atoms with Crippen molar-refractivity contribution in [2.75, 3.05) is 14.2 Å². The molecule has 0 bridgehead atoms. The molecule has 0 atom stereocenters. The van der Waals surface area contributed by atoms with E-state index in [4.69, 9.17) is 9.47 Å². The van der Waals surface area contributed by atoms with E-state index in [1.54, 1.807) is 14.2 Å². The third-order valence-corrected chi connectivity index (χ3v) is 6.03. The lowest BCUT2D eigenvalue weighted by Gasteiger charge is -2.15. The normalized spacial score (nSPS) is 13.5. The number of aromatic nitrogens is 1. The van der Waals surface area contributed by atoms with Crippen LogP contribution in [-0.2, 0) is 13.0 Å². The highest BCUT2D eigenvalue weighted by atomic mass is 16.5. The number of pyridine rings is 1. The Hall–Kier alpha value is -2.81. The molecule has 0 spiro atoms. The van der Waals surface area contributed by atoms with Crippen LogP contribution < -0.4 is 14.0 Å². The van der Waals surface area contributed by atoms with Gasteiger partial charge in [-0.2, -0.15) is 0 Å². The maximum absolute atomic E-state index is 5.64. The molecule has 3 nitrogen and oxygen atoms in total. The number of aryl methyl sites for hydroxylation is 4. The summed E-state index contributed by atoms with van der Waals surface area (Å²) < 4.78 is 13.7. The Kier molecular flexibility index (Phi) is 3.55. The van der Waals surface area contributed by atoms with E-state index >= 15 is 0 Å². The van der Waals surface area contributed by atoms with Gasteiger partial charge in [-0.15, -0.1) is 0 Å². The molecule has 0 radical (unpaired) electrons. The quantitative estimate of drug-likeness (QED) is 0.371. The van der Waals surface area contributed by atoms with Crippen molar-refractivity contribution in [3.05, 3.63) is 53.3 Å². The maximum atomic E-state index is 5.64. The van der Waals surface area contributed by atoms with Crippen LogP contribution in [0.3, 0.4) is 0 Å². The third-order valence-electron chi connectivity index (χ3n) is 6.03. The average Bonchev–Trinajstić information content (AvgIpc) is 3.13. The Morgan fingerprint density at radius 1 is 0.704 bits per heavy atom. The van der Waals surface area contributed by atoms with Gasteiger partial charge in [-0.05, 0) is 70.8 Å². The van der Waals surface area contributed by atoms with Gasteiger partial charge in [0, 0.05) is 24.3 Å². The van der Waals surface area contributed by atoms with Gasteiger partial charge in [-0.25, -0.2) is 4.57 Å². The van der Waals surface area contributed by atoms with Crippen molar-refractivity contribution >= 4 is 32.3 Å². The van der Waals surface area contributed by atoms with Crippen LogP contribution in [0.4, 0.5) is 0 Å². The Labute approximate surface area is 159 Å². The lowest BCUT2D eigenvalue weighted by Crippen LogP contribution is -2.32. The molecule has 5 rings (SSSR count). The minimum absolute atomic E-state index is 0.943. The second-order valence-electron chi connectivity index (χ2n) is 7.62. The Bertz CT molecular complexity index is 1140. The third kappa shape index (κ3) is 2.31. The summed E-state index contributed by atoms with van der Waals surface area (Å²) in [5.74, 6) is 1.89. The number of ether oxygens (including phenoxy) is 2. The summed E-state index contributed by atoms with van der Waals surface area (Å²) >= 11 is 0. The van der Waals surface area contributed by atoms with Crippen LogP contribution in [0.2, 0.25) is 0 Å². The summed E-state index contributed by atoms with van der Waals surface area (Å²) in [7, 11) is 3.50. The minimum atomic E-state index is 0.943. The maximum Gasteiger partial charge on any atom is 0.182 e. The van der Waals surface area contributed by atoms with Crippen molar-refractivity contribution in [2.45, 2.75) is 33.2 Å². The van der Waals surface area contributed by atoms with E-state index in [9.17, 15) is 0 Å². The summed E-state index contributed by atoms with van der Waals surface area (Å²) in [5, 5.41) is 7.67. The highest BCUT2D eigenvalue weighted by molar-refractivity contribution is 6.25. The molecule has 1 aromatic heterocycles. The van der Waals surface area contributed by atoms with Gasteiger partial charge in [0.1, 0.15) is 18.0 Å².